The molecule has 0 unspecified atom stereocenters. The van der Waals surface area contributed by atoms with Crippen molar-refractivity contribution in [3.05, 3.63) is 71.8 Å². The molecular weight excluding hydrogens is 310 g/mol. The minimum Gasteiger partial charge on any atom is -0.356 e. The maximum absolute atomic E-state index is 13.6. The number of carbonyl (C=O) groups is 1. The van der Waals surface area contributed by atoms with E-state index in [0.717, 1.165) is 25.7 Å². The molecule has 2 aromatic carbocycles. The second-order valence-corrected chi connectivity index (χ2v) is 7.26. The second kappa shape index (κ2) is 6.64. The van der Waals surface area contributed by atoms with Gasteiger partial charge < -0.3 is 9.64 Å². The van der Waals surface area contributed by atoms with E-state index in [0.29, 0.717) is 6.61 Å². The van der Waals surface area contributed by atoms with Gasteiger partial charge in [-0.2, -0.15) is 0 Å². The Bertz CT molecular complexity index is 730. The molecule has 2 heterocycles. The number of hydrogen-bond acceptors (Lipinski definition) is 2. The molecule has 4 rings (SSSR count). The van der Waals surface area contributed by atoms with E-state index in [1.165, 1.54) is 11.1 Å². The van der Waals surface area contributed by atoms with Crippen molar-refractivity contribution >= 4 is 5.91 Å². The lowest BCUT2D eigenvalue weighted by Crippen LogP contribution is -2.52. The van der Waals surface area contributed by atoms with Crippen LogP contribution in [0.2, 0.25) is 0 Å². The summed E-state index contributed by atoms with van der Waals surface area (Å²) in [6.45, 7) is 2.75. The highest BCUT2D eigenvalue weighted by Crippen LogP contribution is 2.46. The van der Waals surface area contributed by atoms with E-state index in [1.807, 2.05) is 29.2 Å². The normalized spacial score (nSPS) is 28.8. The van der Waals surface area contributed by atoms with Gasteiger partial charge in [0.1, 0.15) is 6.23 Å². The molecule has 2 aliphatic heterocycles. The zero-order valence-corrected chi connectivity index (χ0v) is 14.7. The zero-order chi connectivity index (χ0) is 17.3. The van der Waals surface area contributed by atoms with Crippen LogP contribution in [0.1, 0.15) is 43.4 Å². The van der Waals surface area contributed by atoms with Crippen LogP contribution in [0.3, 0.4) is 0 Å². The van der Waals surface area contributed by atoms with Gasteiger partial charge in [0.25, 0.3) is 0 Å². The molecule has 2 aliphatic rings. The van der Waals surface area contributed by atoms with Crippen LogP contribution < -0.4 is 0 Å². The maximum atomic E-state index is 13.6. The molecular formula is C22H25NO2. The Hall–Kier alpha value is -2.13. The van der Waals surface area contributed by atoms with Crippen LogP contribution in [-0.4, -0.2) is 23.6 Å². The molecule has 3 nitrogen and oxygen atoms in total. The highest BCUT2D eigenvalue weighted by Gasteiger charge is 2.51. The fourth-order valence-electron chi connectivity index (χ4n) is 4.37. The molecule has 1 amide bonds. The molecule has 0 N–H and O–H groups in total. The van der Waals surface area contributed by atoms with Crippen LogP contribution >= 0.6 is 0 Å². The third-order valence-corrected chi connectivity index (χ3v) is 5.90. The van der Waals surface area contributed by atoms with E-state index in [1.54, 1.807) is 0 Å². The lowest BCUT2D eigenvalue weighted by atomic mass is 9.71. The standard InChI is InChI=1S/C22H25NO2/c1-2-22(15-17-9-5-3-6-10-17)14-13-20-23(21(22)24)19(16-25-20)18-11-7-4-8-12-18/h3-12,19-20H,2,13-16H2,1H3/t19-,20+,22+/m0/s1. The molecule has 3 atom stereocenters. The van der Waals surface area contributed by atoms with Crippen LogP contribution in [0.5, 0.6) is 0 Å². The molecule has 2 aromatic rings. The molecule has 0 radical (unpaired) electrons. The first-order chi connectivity index (χ1) is 12.2. The molecule has 2 fully saturated rings. The Labute approximate surface area is 149 Å². The summed E-state index contributed by atoms with van der Waals surface area (Å²) in [5.41, 5.74) is 2.11. The predicted octanol–water partition coefficient (Wildman–Crippen LogP) is 4.35. The van der Waals surface area contributed by atoms with Crippen molar-refractivity contribution in [2.75, 3.05) is 6.61 Å². The van der Waals surface area contributed by atoms with Gasteiger partial charge in [-0.05, 0) is 36.8 Å². The predicted molar refractivity (Wildman–Crippen MR) is 97.9 cm³/mol. The maximum Gasteiger partial charge on any atom is 0.231 e. The summed E-state index contributed by atoms with van der Waals surface area (Å²) in [7, 11) is 0. The van der Waals surface area contributed by atoms with Crippen LogP contribution in [0, 0.1) is 5.41 Å². The van der Waals surface area contributed by atoms with Gasteiger partial charge in [-0.3, -0.25) is 4.79 Å². The van der Waals surface area contributed by atoms with Crippen molar-refractivity contribution in [2.24, 2.45) is 5.41 Å². The third-order valence-electron chi connectivity index (χ3n) is 5.90. The van der Waals surface area contributed by atoms with Gasteiger partial charge in [-0.25, -0.2) is 0 Å². The number of carbonyl (C=O) groups excluding carboxylic acids is 1. The number of rotatable bonds is 4. The SMILES string of the molecule is CC[C@]1(Cc2ccccc2)CC[C@H]2OC[C@@H](c3ccccc3)N2C1=O. The molecule has 25 heavy (non-hydrogen) atoms. The van der Waals surface area contributed by atoms with E-state index in [9.17, 15) is 4.79 Å². The summed E-state index contributed by atoms with van der Waals surface area (Å²) in [5, 5.41) is 0. The lowest BCUT2D eigenvalue weighted by Gasteiger charge is -2.44. The van der Waals surface area contributed by atoms with Crippen molar-refractivity contribution in [2.45, 2.75) is 44.9 Å². The fraction of sp³-hybridized carbons (Fsp3) is 0.409. The van der Waals surface area contributed by atoms with Gasteiger partial charge in [-0.15, -0.1) is 0 Å². The number of piperidine rings is 1. The molecule has 130 valence electrons. The van der Waals surface area contributed by atoms with Gasteiger partial charge in [0, 0.05) is 0 Å². The average molecular weight is 335 g/mol. The van der Waals surface area contributed by atoms with E-state index in [2.05, 4.69) is 43.3 Å². The van der Waals surface area contributed by atoms with Crippen LogP contribution in [-0.2, 0) is 16.0 Å². The summed E-state index contributed by atoms with van der Waals surface area (Å²) in [4.78, 5) is 15.6. The molecule has 0 spiro atoms. The number of benzene rings is 2. The number of nitrogens with zero attached hydrogens (tertiary/aromatic N) is 1. The highest BCUT2D eigenvalue weighted by atomic mass is 16.5. The van der Waals surface area contributed by atoms with Crippen LogP contribution in [0.4, 0.5) is 0 Å². The Balaban J connectivity index is 1.64. The molecule has 0 aliphatic carbocycles. The number of ether oxygens (including phenoxy) is 1. The highest BCUT2D eigenvalue weighted by molar-refractivity contribution is 5.84. The van der Waals surface area contributed by atoms with Gasteiger partial charge in [-0.1, -0.05) is 67.6 Å². The minimum absolute atomic E-state index is 0.0423. The first kappa shape index (κ1) is 16.3. The van der Waals surface area contributed by atoms with Crippen LogP contribution in [0.15, 0.2) is 60.7 Å². The van der Waals surface area contributed by atoms with E-state index in [-0.39, 0.29) is 23.6 Å². The Kier molecular flexibility index (Phi) is 4.34. The first-order valence-electron chi connectivity index (χ1n) is 9.27. The fourth-order valence-corrected chi connectivity index (χ4v) is 4.37. The lowest BCUT2D eigenvalue weighted by molar-refractivity contribution is -0.158. The smallest absolute Gasteiger partial charge is 0.231 e. The summed E-state index contributed by atoms with van der Waals surface area (Å²) >= 11 is 0. The van der Waals surface area contributed by atoms with Gasteiger partial charge in [0.15, 0.2) is 0 Å². The topological polar surface area (TPSA) is 29.5 Å². The molecule has 0 saturated carbocycles. The summed E-state index contributed by atoms with van der Waals surface area (Å²) < 4.78 is 5.99. The second-order valence-electron chi connectivity index (χ2n) is 7.26. The average Bonchev–Trinajstić information content (AvgIpc) is 3.10. The first-order valence-corrected chi connectivity index (χ1v) is 9.27. The van der Waals surface area contributed by atoms with Crippen molar-refractivity contribution in [1.29, 1.82) is 0 Å². The number of hydrogen-bond donors (Lipinski definition) is 0. The molecule has 2 saturated heterocycles. The Morgan fingerprint density at radius 2 is 1.76 bits per heavy atom. The summed E-state index contributed by atoms with van der Waals surface area (Å²) in [5.74, 6) is 0.265. The van der Waals surface area contributed by atoms with Crippen LogP contribution in [0.25, 0.3) is 0 Å². The molecule has 0 aromatic heterocycles. The molecule has 0 bridgehead atoms. The summed E-state index contributed by atoms with van der Waals surface area (Å²) in [6, 6.07) is 20.7. The van der Waals surface area contributed by atoms with Crippen molar-refractivity contribution in [3.63, 3.8) is 0 Å². The van der Waals surface area contributed by atoms with Gasteiger partial charge >= 0.3 is 0 Å². The van der Waals surface area contributed by atoms with Gasteiger partial charge in [0.2, 0.25) is 5.91 Å². The largest absolute Gasteiger partial charge is 0.356 e. The quantitative estimate of drug-likeness (QED) is 0.831. The van der Waals surface area contributed by atoms with E-state index < -0.39 is 0 Å². The van der Waals surface area contributed by atoms with E-state index >= 15 is 0 Å². The summed E-state index contributed by atoms with van der Waals surface area (Å²) in [6.07, 6.45) is 3.45. The monoisotopic (exact) mass is 335 g/mol. The Morgan fingerprint density at radius 1 is 1.08 bits per heavy atom. The number of amides is 1. The minimum atomic E-state index is -0.307. The third kappa shape index (κ3) is 2.87. The molecule has 3 heteroatoms. The van der Waals surface area contributed by atoms with Gasteiger partial charge in [0.05, 0.1) is 18.1 Å². The zero-order valence-electron chi connectivity index (χ0n) is 14.7. The van der Waals surface area contributed by atoms with Crippen molar-refractivity contribution in [3.8, 4) is 0 Å². The van der Waals surface area contributed by atoms with E-state index in [4.69, 9.17) is 4.74 Å². The van der Waals surface area contributed by atoms with Crippen molar-refractivity contribution < 1.29 is 9.53 Å². The van der Waals surface area contributed by atoms with Crippen molar-refractivity contribution in [1.82, 2.24) is 4.90 Å². The Morgan fingerprint density at radius 3 is 2.44 bits per heavy atom. The number of fused-ring (bicyclic) bond motifs is 1.